The number of ether oxygens (including phenoxy) is 2. The Labute approximate surface area is 112 Å². The van der Waals surface area contributed by atoms with Gasteiger partial charge in [0.1, 0.15) is 12.5 Å². The molecule has 0 bridgehead atoms. The van der Waals surface area contributed by atoms with Gasteiger partial charge in [-0.2, -0.15) is 0 Å². The zero-order valence-corrected chi connectivity index (χ0v) is 11.1. The van der Waals surface area contributed by atoms with Crippen LogP contribution in [-0.4, -0.2) is 32.1 Å². The number of nitrogens with zero attached hydrogens (tertiary/aromatic N) is 1. The molecule has 1 aromatic rings. The lowest BCUT2D eigenvalue weighted by molar-refractivity contribution is -0.122. The lowest BCUT2D eigenvalue weighted by Gasteiger charge is -2.28. The molecule has 2 rings (SSSR count). The molecular weight excluding hydrogens is 246 g/mol. The molecule has 0 atom stereocenters. The Morgan fingerprint density at radius 3 is 2.95 bits per heavy atom. The zero-order valence-electron chi connectivity index (χ0n) is 11.1. The monoisotopic (exact) mass is 263 g/mol. The first-order chi connectivity index (χ1) is 9.17. The van der Waals surface area contributed by atoms with E-state index < -0.39 is 0 Å². The Kier molecular flexibility index (Phi) is 4.16. The highest BCUT2D eigenvalue weighted by molar-refractivity contribution is 6.01. The van der Waals surface area contributed by atoms with Gasteiger partial charge in [0, 0.05) is 19.1 Å². The molecule has 0 radical (unpaired) electrons. The average Bonchev–Trinajstić information content (AvgIpc) is 2.42. The summed E-state index contributed by atoms with van der Waals surface area (Å²) in [7, 11) is 1.52. The van der Waals surface area contributed by atoms with Crippen LogP contribution in [0.3, 0.4) is 0 Å². The lowest BCUT2D eigenvalue weighted by atomic mass is 10.0. The van der Waals surface area contributed by atoms with Gasteiger partial charge in [-0.3, -0.25) is 14.5 Å². The number of hydrogen-bond acceptors (Lipinski definition) is 4. The molecule has 0 N–H and O–H groups in total. The molecule has 1 aliphatic heterocycles. The van der Waals surface area contributed by atoms with Crippen molar-refractivity contribution in [3.05, 3.63) is 23.8 Å². The van der Waals surface area contributed by atoms with Crippen LogP contribution in [0.2, 0.25) is 0 Å². The number of ketones is 1. The van der Waals surface area contributed by atoms with Crippen molar-refractivity contribution >= 4 is 17.4 Å². The van der Waals surface area contributed by atoms with Gasteiger partial charge in [-0.15, -0.1) is 0 Å². The summed E-state index contributed by atoms with van der Waals surface area (Å²) in [6.07, 6.45) is 1.30. The molecular formula is C14H17NO4. The first kappa shape index (κ1) is 13.5. The molecule has 0 saturated heterocycles. The fourth-order valence-electron chi connectivity index (χ4n) is 2.02. The van der Waals surface area contributed by atoms with E-state index in [9.17, 15) is 9.59 Å². The van der Waals surface area contributed by atoms with E-state index in [-0.39, 0.29) is 25.0 Å². The van der Waals surface area contributed by atoms with Crippen molar-refractivity contribution in [1.29, 1.82) is 0 Å². The minimum Gasteiger partial charge on any atom is -0.482 e. The summed E-state index contributed by atoms with van der Waals surface area (Å²) >= 11 is 0. The molecule has 1 amide bonds. The summed E-state index contributed by atoms with van der Waals surface area (Å²) in [5, 5.41) is 0. The maximum atomic E-state index is 11.9. The first-order valence-electron chi connectivity index (χ1n) is 6.26. The highest BCUT2D eigenvalue weighted by atomic mass is 16.5. The summed E-state index contributed by atoms with van der Waals surface area (Å²) in [6, 6.07) is 5.16. The number of rotatable bonds is 5. The van der Waals surface area contributed by atoms with Gasteiger partial charge in [0.05, 0.1) is 5.69 Å². The average molecular weight is 263 g/mol. The van der Waals surface area contributed by atoms with Crippen molar-refractivity contribution in [2.45, 2.75) is 19.8 Å². The number of anilines is 1. The Hall–Kier alpha value is -1.88. The van der Waals surface area contributed by atoms with Crippen LogP contribution in [0, 0.1) is 0 Å². The third-order valence-electron chi connectivity index (χ3n) is 2.96. The summed E-state index contributed by atoms with van der Waals surface area (Å²) < 4.78 is 10.4. The minimum absolute atomic E-state index is 0.00138. The Morgan fingerprint density at radius 2 is 2.26 bits per heavy atom. The number of benzene rings is 1. The molecule has 0 unspecified atom stereocenters. The molecule has 0 fully saturated rings. The van der Waals surface area contributed by atoms with E-state index in [4.69, 9.17) is 9.47 Å². The third-order valence-corrected chi connectivity index (χ3v) is 2.96. The van der Waals surface area contributed by atoms with E-state index in [0.29, 0.717) is 23.4 Å². The normalized spacial score (nSPS) is 14.0. The van der Waals surface area contributed by atoms with E-state index in [1.165, 1.54) is 12.0 Å². The van der Waals surface area contributed by atoms with Crippen LogP contribution in [0.25, 0.3) is 0 Å². The number of methoxy groups -OCH3 is 1. The predicted octanol–water partition coefficient (Wildman–Crippen LogP) is 2.00. The van der Waals surface area contributed by atoms with Crippen LogP contribution in [0.4, 0.5) is 5.69 Å². The van der Waals surface area contributed by atoms with Gasteiger partial charge in [0.15, 0.2) is 12.4 Å². The SMILES string of the molecule is CCCC(=O)c1ccc2c(c1)N(COC)C(=O)CO2. The number of carbonyl (C=O) groups excluding carboxylic acids is 2. The molecule has 0 spiro atoms. The van der Waals surface area contributed by atoms with Crippen LogP contribution in [0.1, 0.15) is 30.1 Å². The van der Waals surface area contributed by atoms with Gasteiger partial charge >= 0.3 is 0 Å². The third kappa shape index (κ3) is 2.76. The molecule has 1 heterocycles. The summed E-state index contributed by atoms with van der Waals surface area (Å²) in [4.78, 5) is 25.2. The van der Waals surface area contributed by atoms with E-state index in [0.717, 1.165) is 6.42 Å². The molecule has 0 aromatic heterocycles. The maximum Gasteiger partial charge on any atom is 0.266 e. The van der Waals surface area contributed by atoms with E-state index in [2.05, 4.69) is 0 Å². The second-order valence-electron chi connectivity index (χ2n) is 4.38. The fraction of sp³-hybridized carbons (Fsp3) is 0.429. The molecule has 0 saturated carbocycles. The molecule has 1 aliphatic rings. The lowest BCUT2D eigenvalue weighted by Crippen LogP contribution is -2.40. The van der Waals surface area contributed by atoms with Crippen molar-refractivity contribution in [2.24, 2.45) is 0 Å². The Bertz CT molecular complexity index is 498. The van der Waals surface area contributed by atoms with Crippen LogP contribution >= 0.6 is 0 Å². The number of hydrogen-bond donors (Lipinski definition) is 0. The molecule has 1 aromatic carbocycles. The van der Waals surface area contributed by atoms with Crippen LogP contribution < -0.4 is 9.64 Å². The number of carbonyl (C=O) groups is 2. The minimum atomic E-state index is -0.172. The molecule has 5 heteroatoms. The molecule has 102 valence electrons. The molecule has 0 aliphatic carbocycles. The highest BCUT2D eigenvalue weighted by Crippen LogP contribution is 2.33. The van der Waals surface area contributed by atoms with Gasteiger partial charge < -0.3 is 9.47 Å². The van der Waals surface area contributed by atoms with E-state index >= 15 is 0 Å². The smallest absolute Gasteiger partial charge is 0.266 e. The van der Waals surface area contributed by atoms with Crippen molar-refractivity contribution < 1.29 is 19.1 Å². The Balaban J connectivity index is 2.35. The van der Waals surface area contributed by atoms with Crippen molar-refractivity contribution in [3.8, 4) is 5.75 Å². The molecule has 19 heavy (non-hydrogen) atoms. The standard InChI is InChI=1S/C14H17NO4/c1-3-4-12(16)10-5-6-13-11(7-10)15(9-18-2)14(17)8-19-13/h5-7H,3-4,8-9H2,1-2H3. The number of Topliss-reactive ketones (excluding diaryl/α,β-unsaturated/α-hetero) is 1. The first-order valence-corrected chi connectivity index (χ1v) is 6.26. The fourth-order valence-corrected chi connectivity index (χ4v) is 2.02. The van der Waals surface area contributed by atoms with Gasteiger partial charge in [0.2, 0.25) is 0 Å². The van der Waals surface area contributed by atoms with Crippen molar-refractivity contribution in [1.82, 2.24) is 0 Å². The van der Waals surface area contributed by atoms with Gasteiger partial charge in [-0.25, -0.2) is 0 Å². The summed E-state index contributed by atoms with van der Waals surface area (Å²) in [5.74, 6) is 0.500. The predicted molar refractivity (Wildman–Crippen MR) is 70.5 cm³/mol. The van der Waals surface area contributed by atoms with Crippen LogP contribution in [-0.2, 0) is 9.53 Å². The molecule has 5 nitrogen and oxygen atoms in total. The highest BCUT2D eigenvalue weighted by Gasteiger charge is 2.26. The van der Waals surface area contributed by atoms with Gasteiger partial charge in [-0.05, 0) is 24.6 Å². The van der Waals surface area contributed by atoms with Crippen LogP contribution in [0.15, 0.2) is 18.2 Å². The van der Waals surface area contributed by atoms with Crippen molar-refractivity contribution in [2.75, 3.05) is 25.3 Å². The number of fused-ring (bicyclic) bond motifs is 1. The van der Waals surface area contributed by atoms with Crippen LogP contribution in [0.5, 0.6) is 5.75 Å². The topological polar surface area (TPSA) is 55.8 Å². The van der Waals surface area contributed by atoms with E-state index in [1.807, 2.05) is 6.92 Å². The summed E-state index contributed by atoms with van der Waals surface area (Å²) in [6.45, 7) is 2.11. The quantitative estimate of drug-likeness (QED) is 0.762. The second-order valence-corrected chi connectivity index (χ2v) is 4.38. The van der Waals surface area contributed by atoms with Gasteiger partial charge in [0.25, 0.3) is 5.91 Å². The maximum absolute atomic E-state index is 11.9. The van der Waals surface area contributed by atoms with Gasteiger partial charge in [-0.1, -0.05) is 6.92 Å². The van der Waals surface area contributed by atoms with E-state index in [1.54, 1.807) is 18.2 Å². The Morgan fingerprint density at radius 1 is 1.47 bits per heavy atom. The second kappa shape index (κ2) is 5.84. The summed E-state index contributed by atoms with van der Waals surface area (Å²) in [5.41, 5.74) is 1.19. The largest absolute Gasteiger partial charge is 0.482 e. The number of amides is 1. The van der Waals surface area contributed by atoms with Crippen molar-refractivity contribution in [3.63, 3.8) is 0 Å². The zero-order chi connectivity index (χ0) is 13.8.